The molecule has 3 N–H and O–H groups in total. The zero-order chi connectivity index (χ0) is 31.3. The van der Waals surface area contributed by atoms with Gasteiger partial charge < -0.3 is 20.3 Å². The summed E-state index contributed by atoms with van der Waals surface area (Å²) >= 11 is 0. The second-order valence-corrected chi connectivity index (χ2v) is 14.4. The van der Waals surface area contributed by atoms with Crippen LogP contribution in [-0.4, -0.2) is 66.9 Å². The smallest absolute Gasteiger partial charge is 0.408 e. The zero-order valence-electron chi connectivity index (χ0n) is 25.3. The maximum absolute atomic E-state index is 13.8. The van der Waals surface area contributed by atoms with Crippen LogP contribution in [0.3, 0.4) is 0 Å². The van der Waals surface area contributed by atoms with Crippen LogP contribution >= 0.6 is 0 Å². The topological polar surface area (TPSA) is 151 Å². The molecule has 0 radical (unpaired) electrons. The van der Waals surface area contributed by atoms with Gasteiger partial charge in [0.15, 0.2) is 0 Å². The molecule has 1 aromatic carbocycles. The maximum atomic E-state index is 13.8. The lowest BCUT2D eigenvalue weighted by molar-refractivity contribution is -0.141. The van der Waals surface area contributed by atoms with E-state index in [1.54, 1.807) is 39.0 Å². The largest absolute Gasteiger partial charge is 0.444 e. The van der Waals surface area contributed by atoms with Gasteiger partial charge in [-0.1, -0.05) is 56.0 Å². The van der Waals surface area contributed by atoms with Gasteiger partial charge in [-0.2, -0.15) is 0 Å². The number of sulfonamides is 1. The van der Waals surface area contributed by atoms with Crippen molar-refractivity contribution < 1.29 is 32.3 Å². The highest BCUT2D eigenvalue weighted by atomic mass is 32.2. The van der Waals surface area contributed by atoms with Crippen molar-refractivity contribution >= 4 is 33.8 Å². The van der Waals surface area contributed by atoms with E-state index in [4.69, 9.17) is 4.74 Å². The molecule has 4 amide bonds. The molecule has 4 rings (SSSR count). The highest BCUT2D eigenvalue weighted by Crippen LogP contribution is 2.45. The van der Waals surface area contributed by atoms with E-state index in [1.165, 1.54) is 17.0 Å². The van der Waals surface area contributed by atoms with Crippen LogP contribution in [0.25, 0.3) is 0 Å². The minimum atomic E-state index is -4.16. The third-order valence-electron chi connectivity index (χ3n) is 8.11. The van der Waals surface area contributed by atoms with Crippen LogP contribution in [0.2, 0.25) is 0 Å². The van der Waals surface area contributed by atoms with Gasteiger partial charge in [-0.25, -0.2) is 17.9 Å². The Morgan fingerprint density at radius 3 is 2.42 bits per heavy atom. The molecule has 2 fully saturated rings. The summed E-state index contributed by atoms with van der Waals surface area (Å²) in [5, 5.41) is 5.57. The molecule has 1 aromatic rings. The Hall–Kier alpha value is -3.41. The summed E-state index contributed by atoms with van der Waals surface area (Å²) in [4.78, 5) is 55.1. The molecule has 43 heavy (non-hydrogen) atoms. The predicted octanol–water partition coefficient (Wildman–Crippen LogP) is 3.55. The van der Waals surface area contributed by atoms with Crippen molar-refractivity contribution in [3.63, 3.8) is 0 Å². The first-order chi connectivity index (χ1) is 20.3. The summed E-state index contributed by atoms with van der Waals surface area (Å²) in [5.74, 6) is -2.08. The summed E-state index contributed by atoms with van der Waals surface area (Å²) < 4.78 is 33.5. The molecule has 0 aromatic heterocycles. The zero-order valence-corrected chi connectivity index (χ0v) is 26.1. The summed E-state index contributed by atoms with van der Waals surface area (Å²) in [5.41, 5.74) is -2.19. The van der Waals surface area contributed by atoms with Gasteiger partial charge in [-0.3, -0.25) is 14.4 Å². The average molecular weight is 617 g/mol. The summed E-state index contributed by atoms with van der Waals surface area (Å²) in [6.45, 7) is 5.56. The first-order valence-corrected chi connectivity index (χ1v) is 16.7. The third kappa shape index (κ3) is 8.36. The number of allylic oxidation sites excluding steroid dienone is 1. The van der Waals surface area contributed by atoms with Crippen molar-refractivity contribution in [2.45, 2.75) is 113 Å². The third-order valence-corrected chi connectivity index (χ3v) is 9.45. The fourth-order valence-electron chi connectivity index (χ4n) is 5.77. The van der Waals surface area contributed by atoms with Gasteiger partial charge in [-0.05, 0) is 71.4 Å². The number of amides is 4. The van der Waals surface area contributed by atoms with Crippen LogP contribution in [0.15, 0.2) is 47.4 Å². The molecule has 0 bridgehead atoms. The number of benzene rings is 1. The van der Waals surface area contributed by atoms with Gasteiger partial charge in [0.1, 0.15) is 23.2 Å². The van der Waals surface area contributed by atoms with Crippen molar-refractivity contribution in [1.82, 2.24) is 20.3 Å². The SMILES string of the molecule is CC(C)(C)OC(=O)NC1CCCCCCC/C=C\[C@H]2C[C@@]2(C(=O)NS(=O)(=O)c2ccccc2)NC(=O)[C@@H]2CCCN2C1=O. The summed E-state index contributed by atoms with van der Waals surface area (Å²) in [7, 11) is -4.16. The van der Waals surface area contributed by atoms with Gasteiger partial charge >= 0.3 is 6.09 Å². The van der Waals surface area contributed by atoms with E-state index in [2.05, 4.69) is 15.4 Å². The molecule has 1 unspecified atom stereocenters. The molecular weight excluding hydrogens is 572 g/mol. The van der Waals surface area contributed by atoms with E-state index < -0.39 is 51.2 Å². The van der Waals surface area contributed by atoms with Crippen LogP contribution in [0.4, 0.5) is 4.79 Å². The summed E-state index contributed by atoms with van der Waals surface area (Å²) in [6, 6.07) is 5.87. The predicted molar refractivity (Wildman–Crippen MR) is 160 cm³/mol. The van der Waals surface area contributed by atoms with E-state index in [1.807, 2.05) is 12.2 Å². The van der Waals surface area contributed by atoms with Crippen molar-refractivity contribution in [3.05, 3.63) is 42.5 Å². The van der Waals surface area contributed by atoms with Gasteiger partial charge in [0.25, 0.3) is 15.9 Å². The number of nitrogens with zero attached hydrogens (tertiary/aromatic N) is 1. The van der Waals surface area contributed by atoms with E-state index in [-0.39, 0.29) is 23.1 Å². The molecule has 236 valence electrons. The number of alkyl carbamates (subject to hydrolysis) is 1. The molecule has 3 aliphatic rings. The van der Waals surface area contributed by atoms with E-state index in [0.29, 0.717) is 25.8 Å². The Morgan fingerprint density at radius 1 is 1.00 bits per heavy atom. The number of carbonyl (C=O) groups is 4. The molecule has 1 aliphatic carbocycles. The number of nitrogens with one attached hydrogen (secondary N) is 3. The first kappa shape index (κ1) is 32.5. The normalized spacial score (nSPS) is 28.0. The molecule has 0 spiro atoms. The number of fused-ring (bicyclic) bond motifs is 2. The number of rotatable bonds is 4. The average Bonchev–Trinajstić information content (AvgIpc) is 3.40. The minimum absolute atomic E-state index is 0.0563. The van der Waals surface area contributed by atoms with Gasteiger partial charge in [-0.15, -0.1) is 0 Å². The maximum Gasteiger partial charge on any atom is 0.408 e. The van der Waals surface area contributed by atoms with E-state index in [9.17, 15) is 27.6 Å². The second-order valence-electron chi connectivity index (χ2n) is 12.7. The lowest BCUT2D eigenvalue weighted by atomic mass is 10.0. The van der Waals surface area contributed by atoms with E-state index >= 15 is 0 Å². The monoisotopic (exact) mass is 616 g/mol. The Morgan fingerprint density at radius 2 is 1.70 bits per heavy atom. The van der Waals surface area contributed by atoms with Crippen molar-refractivity contribution in [2.24, 2.45) is 5.92 Å². The van der Waals surface area contributed by atoms with Crippen LogP contribution in [0.1, 0.15) is 85.0 Å². The van der Waals surface area contributed by atoms with Crippen LogP contribution in [-0.2, 0) is 29.1 Å². The van der Waals surface area contributed by atoms with Gasteiger partial charge in [0, 0.05) is 12.5 Å². The quantitative estimate of drug-likeness (QED) is 0.438. The Labute approximate surface area is 254 Å². The lowest BCUT2D eigenvalue weighted by Crippen LogP contribution is -2.58. The molecule has 1 saturated carbocycles. The van der Waals surface area contributed by atoms with Gasteiger partial charge in [0.05, 0.1) is 4.90 Å². The lowest BCUT2D eigenvalue weighted by Gasteiger charge is -2.30. The fraction of sp³-hybridized carbons (Fsp3) is 0.613. The Balaban J connectivity index is 1.56. The number of ether oxygens (including phenoxy) is 1. The molecule has 11 nitrogen and oxygen atoms in total. The Kier molecular flexibility index (Phi) is 10.2. The number of hydrogen-bond donors (Lipinski definition) is 3. The standard InChI is InChI=1S/C31H44N4O7S/c1-30(2,3)42-29(39)32-24-18-13-8-6-4-5-7-10-15-22-21-31(22,33-26(36)25-19-14-20-35(25)27(24)37)28(38)34-43(40,41)23-16-11-9-12-17-23/h9-12,15-17,22,24-25H,4-8,13-14,18-21H2,1-3H3,(H,32,39)(H,33,36)(H,34,38)/b15-10-/t22-,24?,25-,31+/m0/s1. The highest BCUT2D eigenvalue weighted by Gasteiger charge is 2.61. The molecule has 4 atom stereocenters. The molecule has 12 heteroatoms. The van der Waals surface area contributed by atoms with Crippen LogP contribution in [0, 0.1) is 5.92 Å². The van der Waals surface area contributed by atoms with E-state index in [0.717, 1.165) is 38.5 Å². The Bertz CT molecular complexity index is 1330. The first-order valence-electron chi connectivity index (χ1n) is 15.2. The molecule has 2 aliphatic heterocycles. The number of hydrogen-bond acceptors (Lipinski definition) is 7. The van der Waals surface area contributed by atoms with Crippen LogP contribution in [0.5, 0.6) is 0 Å². The van der Waals surface area contributed by atoms with Crippen molar-refractivity contribution in [3.8, 4) is 0 Å². The highest BCUT2D eigenvalue weighted by molar-refractivity contribution is 7.90. The minimum Gasteiger partial charge on any atom is -0.444 e. The van der Waals surface area contributed by atoms with Crippen molar-refractivity contribution in [2.75, 3.05) is 6.54 Å². The molecule has 1 saturated heterocycles. The summed E-state index contributed by atoms with van der Waals surface area (Å²) in [6.07, 6.45) is 10.1. The molecular formula is C31H44N4O7S. The second kappa shape index (κ2) is 13.5. The van der Waals surface area contributed by atoms with Crippen LogP contribution < -0.4 is 15.4 Å². The van der Waals surface area contributed by atoms with Gasteiger partial charge in [0.2, 0.25) is 11.8 Å². The molecule has 2 heterocycles. The fourth-order valence-corrected chi connectivity index (χ4v) is 6.83. The van der Waals surface area contributed by atoms with Crippen molar-refractivity contribution in [1.29, 1.82) is 0 Å². The number of carbonyl (C=O) groups excluding carboxylic acids is 4.